The first kappa shape index (κ1) is 15.7. The Labute approximate surface area is 139 Å². The van der Waals surface area contributed by atoms with E-state index < -0.39 is 5.97 Å². The molecule has 1 aliphatic rings. The number of halogens is 1. The van der Waals surface area contributed by atoms with Crippen LogP contribution in [0.3, 0.4) is 0 Å². The fraction of sp³-hybridized carbons (Fsp3) is 0.278. The molecule has 1 aromatic heterocycles. The van der Waals surface area contributed by atoms with E-state index in [9.17, 15) is 9.59 Å². The molecule has 0 unspecified atom stereocenters. The molecule has 1 aliphatic carbocycles. The third kappa shape index (κ3) is 3.77. The van der Waals surface area contributed by atoms with E-state index in [1.54, 1.807) is 0 Å². The van der Waals surface area contributed by atoms with E-state index in [1.807, 2.05) is 18.2 Å². The van der Waals surface area contributed by atoms with Crippen LogP contribution in [0.2, 0.25) is 5.15 Å². The van der Waals surface area contributed by atoms with Crippen LogP contribution in [0.5, 0.6) is 0 Å². The Morgan fingerprint density at radius 2 is 1.78 bits per heavy atom. The molecule has 2 aromatic rings. The standard InChI is InChI=1S/C18H16ClNO3/c19-17-8-7-15(10-20-17)18(22)23-11-16(21)14-6-5-12-3-1-2-4-13(12)9-14/h5-10H,1-4,11H2. The number of hydrogen-bond acceptors (Lipinski definition) is 4. The number of esters is 1. The summed E-state index contributed by atoms with van der Waals surface area (Å²) in [6.45, 7) is -0.278. The van der Waals surface area contributed by atoms with Gasteiger partial charge in [-0.1, -0.05) is 23.7 Å². The summed E-state index contributed by atoms with van der Waals surface area (Å²) in [7, 11) is 0. The molecule has 118 valence electrons. The maximum Gasteiger partial charge on any atom is 0.340 e. The average Bonchev–Trinajstić information content (AvgIpc) is 2.59. The van der Waals surface area contributed by atoms with Crippen molar-refractivity contribution in [2.75, 3.05) is 6.61 Å². The first-order valence-corrected chi connectivity index (χ1v) is 7.95. The van der Waals surface area contributed by atoms with Crippen molar-refractivity contribution in [3.8, 4) is 0 Å². The van der Waals surface area contributed by atoms with Crippen LogP contribution in [0.25, 0.3) is 0 Å². The van der Waals surface area contributed by atoms with Gasteiger partial charge in [-0.3, -0.25) is 4.79 Å². The summed E-state index contributed by atoms with van der Waals surface area (Å²) < 4.78 is 5.06. The highest BCUT2D eigenvalue weighted by Gasteiger charge is 2.15. The number of pyridine rings is 1. The third-order valence-electron chi connectivity index (χ3n) is 3.97. The molecule has 0 saturated heterocycles. The van der Waals surface area contributed by atoms with E-state index in [4.69, 9.17) is 16.3 Å². The zero-order chi connectivity index (χ0) is 16.2. The van der Waals surface area contributed by atoms with Crippen LogP contribution in [0.15, 0.2) is 36.5 Å². The van der Waals surface area contributed by atoms with Crippen molar-refractivity contribution in [3.05, 3.63) is 63.9 Å². The fourth-order valence-electron chi connectivity index (χ4n) is 2.70. The van der Waals surface area contributed by atoms with E-state index in [2.05, 4.69) is 4.98 Å². The number of ether oxygens (including phenoxy) is 1. The number of aryl methyl sites for hydroxylation is 2. The van der Waals surface area contributed by atoms with E-state index in [-0.39, 0.29) is 18.0 Å². The van der Waals surface area contributed by atoms with Gasteiger partial charge in [-0.05, 0) is 55.0 Å². The van der Waals surface area contributed by atoms with Gasteiger partial charge >= 0.3 is 5.97 Å². The monoisotopic (exact) mass is 329 g/mol. The number of carbonyl (C=O) groups excluding carboxylic acids is 2. The average molecular weight is 330 g/mol. The van der Waals surface area contributed by atoms with Crippen molar-refractivity contribution in [2.24, 2.45) is 0 Å². The molecule has 0 aliphatic heterocycles. The second-order valence-corrected chi connectivity index (χ2v) is 5.95. The third-order valence-corrected chi connectivity index (χ3v) is 4.19. The Bertz CT molecular complexity index is 740. The van der Waals surface area contributed by atoms with Crippen LogP contribution in [0.1, 0.15) is 44.7 Å². The Balaban J connectivity index is 1.63. The molecular weight excluding hydrogens is 314 g/mol. The summed E-state index contributed by atoms with van der Waals surface area (Å²) in [6, 6.07) is 8.76. The second kappa shape index (κ2) is 6.92. The highest BCUT2D eigenvalue weighted by atomic mass is 35.5. The van der Waals surface area contributed by atoms with Gasteiger partial charge in [-0.25, -0.2) is 9.78 Å². The molecule has 0 radical (unpaired) electrons. The van der Waals surface area contributed by atoms with Gasteiger partial charge in [0.1, 0.15) is 5.15 Å². The molecule has 0 fully saturated rings. The van der Waals surface area contributed by atoms with Crippen molar-refractivity contribution >= 4 is 23.4 Å². The lowest BCUT2D eigenvalue weighted by Crippen LogP contribution is -2.15. The van der Waals surface area contributed by atoms with Gasteiger partial charge in [0.15, 0.2) is 12.4 Å². The van der Waals surface area contributed by atoms with Crippen LogP contribution in [0.4, 0.5) is 0 Å². The number of fused-ring (bicyclic) bond motifs is 1. The summed E-state index contributed by atoms with van der Waals surface area (Å²) in [5.41, 5.74) is 3.41. The van der Waals surface area contributed by atoms with Crippen LogP contribution < -0.4 is 0 Å². The van der Waals surface area contributed by atoms with Gasteiger partial charge in [0.25, 0.3) is 0 Å². The molecule has 0 bridgehead atoms. The van der Waals surface area contributed by atoms with Crippen molar-refractivity contribution in [1.82, 2.24) is 4.98 Å². The number of nitrogens with zero attached hydrogens (tertiary/aromatic N) is 1. The number of hydrogen-bond donors (Lipinski definition) is 0. The summed E-state index contributed by atoms with van der Waals surface area (Å²) in [5.74, 6) is -0.783. The molecule has 1 heterocycles. The SMILES string of the molecule is O=C(COC(=O)c1ccc(Cl)nc1)c1ccc2c(c1)CCCC2. The molecule has 0 N–H and O–H groups in total. The summed E-state index contributed by atoms with van der Waals surface area (Å²) in [5, 5.41) is 0.298. The van der Waals surface area contributed by atoms with E-state index in [1.165, 1.54) is 35.9 Å². The molecule has 0 atom stereocenters. The van der Waals surface area contributed by atoms with Gasteiger partial charge in [0, 0.05) is 11.8 Å². The predicted molar refractivity (Wildman–Crippen MR) is 86.9 cm³/mol. The molecule has 3 rings (SSSR count). The zero-order valence-electron chi connectivity index (χ0n) is 12.5. The molecule has 4 nitrogen and oxygen atoms in total. The zero-order valence-corrected chi connectivity index (χ0v) is 13.3. The van der Waals surface area contributed by atoms with Crippen molar-refractivity contribution in [1.29, 1.82) is 0 Å². The second-order valence-electron chi connectivity index (χ2n) is 5.56. The number of benzene rings is 1. The Morgan fingerprint density at radius 3 is 2.52 bits per heavy atom. The van der Waals surface area contributed by atoms with Crippen molar-refractivity contribution < 1.29 is 14.3 Å². The fourth-order valence-corrected chi connectivity index (χ4v) is 2.81. The van der Waals surface area contributed by atoms with Crippen LogP contribution in [-0.4, -0.2) is 23.3 Å². The maximum absolute atomic E-state index is 12.2. The number of ketones is 1. The lowest BCUT2D eigenvalue weighted by Gasteiger charge is -2.16. The number of rotatable bonds is 4. The Kier molecular flexibility index (Phi) is 4.72. The summed E-state index contributed by atoms with van der Waals surface area (Å²) >= 11 is 5.66. The van der Waals surface area contributed by atoms with Crippen LogP contribution in [-0.2, 0) is 17.6 Å². The van der Waals surface area contributed by atoms with Crippen molar-refractivity contribution in [2.45, 2.75) is 25.7 Å². The molecule has 1 aromatic carbocycles. The Morgan fingerprint density at radius 1 is 1.04 bits per heavy atom. The normalized spacial score (nSPS) is 13.3. The van der Waals surface area contributed by atoms with Gasteiger partial charge < -0.3 is 4.74 Å². The maximum atomic E-state index is 12.2. The highest BCUT2D eigenvalue weighted by molar-refractivity contribution is 6.29. The summed E-state index contributed by atoms with van der Waals surface area (Å²) in [4.78, 5) is 27.9. The van der Waals surface area contributed by atoms with Gasteiger partial charge in [-0.15, -0.1) is 0 Å². The summed E-state index contributed by atoms with van der Waals surface area (Å²) in [6.07, 6.45) is 5.76. The lowest BCUT2D eigenvalue weighted by molar-refractivity contribution is 0.0474. The van der Waals surface area contributed by atoms with Gasteiger partial charge in [-0.2, -0.15) is 0 Å². The molecule has 0 spiro atoms. The van der Waals surface area contributed by atoms with E-state index in [0.29, 0.717) is 10.7 Å². The van der Waals surface area contributed by atoms with Gasteiger partial charge in [0.2, 0.25) is 0 Å². The van der Waals surface area contributed by atoms with Crippen LogP contribution in [0, 0.1) is 0 Å². The highest BCUT2D eigenvalue weighted by Crippen LogP contribution is 2.22. The molecule has 23 heavy (non-hydrogen) atoms. The van der Waals surface area contributed by atoms with Gasteiger partial charge in [0.05, 0.1) is 5.56 Å². The van der Waals surface area contributed by atoms with Crippen LogP contribution >= 0.6 is 11.6 Å². The number of carbonyl (C=O) groups is 2. The van der Waals surface area contributed by atoms with E-state index >= 15 is 0 Å². The quantitative estimate of drug-likeness (QED) is 0.488. The number of aromatic nitrogens is 1. The number of Topliss-reactive ketones (excluding diaryl/α,β-unsaturated/α-hetero) is 1. The molecule has 0 saturated carbocycles. The minimum absolute atomic E-state index is 0.200. The predicted octanol–water partition coefficient (Wildman–Crippen LogP) is 3.65. The lowest BCUT2D eigenvalue weighted by atomic mass is 9.90. The molecular formula is C18H16ClNO3. The minimum Gasteiger partial charge on any atom is -0.454 e. The minimum atomic E-state index is -0.583. The largest absolute Gasteiger partial charge is 0.454 e. The molecule has 0 amide bonds. The first-order chi connectivity index (χ1) is 11.1. The van der Waals surface area contributed by atoms with E-state index in [0.717, 1.165) is 19.3 Å². The topological polar surface area (TPSA) is 56.3 Å². The Hall–Kier alpha value is -2.20. The first-order valence-electron chi connectivity index (χ1n) is 7.57. The smallest absolute Gasteiger partial charge is 0.340 e. The van der Waals surface area contributed by atoms with Crippen molar-refractivity contribution in [3.63, 3.8) is 0 Å². The molecule has 5 heteroatoms.